The van der Waals surface area contributed by atoms with Crippen LogP contribution >= 0.6 is 0 Å². The Morgan fingerprint density at radius 1 is 1.30 bits per heavy atom. The molecule has 1 N–H and O–H groups in total. The van der Waals surface area contributed by atoms with Crippen LogP contribution in [0.2, 0.25) is 0 Å². The summed E-state index contributed by atoms with van der Waals surface area (Å²) < 4.78 is 5.42. The lowest BCUT2D eigenvalue weighted by molar-refractivity contribution is 0.00256. The zero-order valence-electron chi connectivity index (χ0n) is 6.55. The number of aliphatic hydroxyl groups is 1. The molecule has 0 atom stereocenters. The van der Waals surface area contributed by atoms with E-state index in [9.17, 15) is 0 Å². The Morgan fingerprint density at radius 3 is 2.40 bits per heavy atom. The van der Waals surface area contributed by atoms with Crippen LogP contribution in [0.15, 0.2) is 0 Å². The smallest absolute Gasteiger partial charge is 0.0576 e. The van der Waals surface area contributed by atoms with Crippen molar-refractivity contribution in [2.75, 3.05) is 6.61 Å². The van der Waals surface area contributed by atoms with E-state index in [2.05, 4.69) is 0 Å². The predicted molar refractivity (Wildman–Crippen MR) is 39.9 cm³/mol. The van der Waals surface area contributed by atoms with Crippen LogP contribution in [0.3, 0.4) is 0 Å². The van der Waals surface area contributed by atoms with Gasteiger partial charge in [-0.3, -0.25) is 0 Å². The van der Waals surface area contributed by atoms with Crippen molar-refractivity contribution in [1.29, 1.82) is 0 Å². The van der Waals surface area contributed by atoms with Gasteiger partial charge in [-0.15, -0.1) is 0 Å². The minimum atomic E-state index is -0.0586. The fraction of sp³-hybridized carbons (Fsp3) is 1.00. The standard InChI is InChI=1S/C8H16O2/c1-2-10-8-5-3-7(9)4-6-8/h7-9H,2-6H2,1H3/t7-,8+. The van der Waals surface area contributed by atoms with Crippen LogP contribution in [-0.2, 0) is 4.74 Å². The number of ether oxygens (including phenoxy) is 1. The zero-order chi connectivity index (χ0) is 7.40. The summed E-state index contributed by atoms with van der Waals surface area (Å²) in [5.74, 6) is 0. The van der Waals surface area contributed by atoms with E-state index in [1.807, 2.05) is 6.92 Å². The fourth-order valence-electron chi connectivity index (χ4n) is 1.45. The largest absolute Gasteiger partial charge is 0.393 e. The Hall–Kier alpha value is -0.0800. The molecule has 0 spiro atoms. The highest BCUT2D eigenvalue weighted by molar-refractivity contribution is 4.71. The van der Waals surface area contributed by atoms with Gasteiger partial charge in [0.15, 0.2) is 0 Å². The van der Waals surface area contributed by atoms with E-state index in [4.69, 9.17) is 9.84 Å². The van der Waals surface area contributed by atoms with E-state index in [0.717, 1.165) is 32.3 Å². The van der Waals surface area contributed by atoms with Crippen LogP contribution in [0, 0.1) is 0 Å². The Morgan fingerprint density at radius 2 is 1.90 bits per heavy atom. The number of hydrogen-bond acceptors (Lipinski definition) is 2. The van der Waals surface area contributed by atoms with Gasteiger partial charge in [0.1, 0.15) is 0 Å². The lowest BCUT2D eigenvalue weighted by atomic mass is 9.95. The maximum atomic E-state index is 9.14. The van der Waals surface area contributed by atoms with Gasteiger partial charge in [-0.2, -0.15) is 0 Å². The maximum absolute atomic E-state index is 9.14. The fourth-order valence-corrected chi connectivity index (χ4v) is 1.45. The van der Waals surface area contributed by atoms with Gasteiger partial charge in [0.05, 0.1) is 12.2 Å². The molecule has 0 aromatic heterocycles. The summed E-state index contributed by atoms with van der Waals surface area (Å²) >= 11 is 0. The van der Waals surface area contributed by atoms with Crippen LogP contribution in [-0.4, -0.2) is 23.9 Å². The van der Waals surface area contributed by atoms with Gasteiger partial charge in [-0.05, 0) is 32.6 Å². The van der Waals surface area contributed by atoms with Crippen molar-refractivity contribution in [2.24, 2.45) is 0 Å². The summed E-state index contributed by atoms with van der Waals surface area (Å²) in [5, 5.41) is 9.14. The topological polar surface area (TPSA) is 29.5 Å². The average molecular weight is 144 g/mol. The van der Waals surface area contributed by atoms with Crippen molar-refractivity contribution in [1.82, 2.24) is 0 Å². The second kappa shape index (κ2) is 3.94. The van der Waals surface area contributed by atoms with E-state index in [-0.39, 0.29) is 6.10 Å². The third-order valence-electron chi connectivity index (χ3n) is 2.05. The van der Waals surface area contributed by atoms with Crippen molar-refractivity contribution in [3.05, 3.63) is 0 Å². The molecule has 2 nitrogen and oxygen atoms in total. The monoisotopic (exact) mass is 144 g/mol. The van der Waals surface area contributed by atoms with Crippen molar-refractivity contribution in [2.45, 2.75) is 44.8 Å². The van der Waals surface area contributed by atoms with E-state index in [0.29, 0.717) is 6.10 Å². The van der Waals surface area contributed by atoms with Gasteiger partial charge in [0.2, 0.25) is 0 Å². The molecule has 10 heavy (non-hydrogen) atoms. The molecule has 1 aliphatic rings. The summed E-state index contributed by atoms with van der Waals surface area (Å²) in [7, 11) is 0. The molecule has 0 saturated heterocycles. The van der Waals surface area contributed by atoms with Gasteiger partial charge >= 0.3 is 0 Å². The first-order valence-electron chi connectivity index (χ1n) is 4.12. The summed E-state index contributed by atoms with van der Waals surface area (Å²) in [6.07, 6.45) is 4.28. The van der Waals surface area contributed by atoms with Crippen LogP contribution in [0.25, 0.3) is 0 Å². The summed E-state index contributed by atoms with van der Waals surface area (Å²) in [4.78, 5) is 0. The highest BCUT2D eigenvalue weighted by Crippen LogP contribution is 2.20. The highest BCUT2D eigenvalue weighted by Gasteiger charge is 2.18. The van der Waals surface area contributed by atoms with Gasteiger partial charge in [0, 0.05) is 6.61 Å². The molecular formula is C8H16O2. The Kier molecular flexibility index (Phi) is 3.16. The molecule has 0 aromatic carbocycles. The first-order valence-corrected chi connectivity index (χ1v) is 4.12. The lowest BCUT2D eigenvalue weighted by Crippen LogP contribution is -2.24. The maximum Gasteiger partial charge on any atom is 0.0576 e. The van der Waals surface area contributed by atoms with Crippen LogP contribution in [0.1, 0.15) is 32.6 Å². The van der Waals surface area contributed by atoms with Crippen LogP contribution in [0.5, 0.6) is 0 Å². The SMILES string of the molecule is CCO[C@H]1CC[C@@H](O)CC1. The highest BCUT2D eigenvalue weighted by atomic mass is 16.5. The van der Waals surface area contributed by atoms with E-state index >= 15 is 0 Å². The van der Waals surface area contributed by atoms with Gasteiger partial charge in [0.25, 0.3) is 0 Å². The first kappa shape index (κ1) is 8.02. The second-order valence-corrected chi connectivity index (χ2v) is 2.89. The lowest BCUT2D eigenvalue weighted by Gasteiger charge is -2.24. The number of hydrogen-bond donors (Lipinski definition) is 1. The van der Waals surface area contributed by atoms with E-state index < -0.39 is 0 Å². The van der Waals surface area contributed by atoms with E-state index in [1.165, 1.54) is 0 Å². The van der Waals surface area contributed by atoms with Crippen LogP contribution < -0.4 is 0 Å². The average Bonchev–Trinajstić information content (AvgIpc) is 1.95. The quantitative estimate of drug-likeness (QED) is 0.633. The van der Waals surface area contributed by atoms with Crippen LogP contribution in [0.4, 0.5) is 0 Å². The molecule has 1 fully saturated rings. The normalized spacial score (nSPS) is 34.2. The predicted octanol–water partition coefficient (Wildman–Crippen LogP) is 1.33. The molecule has 60 valence electrons. The molecule has 1 saturated carbocycles. The molecule has 0 radical (unpaired) electrons. The summed E-state index contributed by atoms with van der Waals surface area (Å²) in [6.45, 7) is 2.83. The van der Waals surface area contributed by atoms with Crippen molar-refractivity contribution < 1.29 is 9.84 Å². The molecule has 0 amide bonds. The molecule has 0 aromatic rings. The Balaban J connectivity index is 2.13. The number of rotatable bonds is 2. The van der Waals surface area contributed by atoms with E-state index in [1.54, 1.807) is 0 Å². The molecule has 0 aliphatic heterocycles. The molecule has 2 heteroatoms. The molecule has 1 aliphatic carbocycles. The third-order valence-corrected chi connectivity index (χ3v) is 2.05. The minimum absolute atomic E-state index is 0.0586. The van der Waals surface area contributed by atoms with Crippen molar-refractivity contribution >= 4 is 0 Å². The van der Waals surface area contributed by atoms with Gasteiger partial charge in [-0.25, -0.2) is 0 Å². The molecule has 0 unspecified atom stereocenters. The molecule has 0 heterocycles. The van der Waals surface area contributed by atoms with Gasteiger partial charge in [-0.1, -0.05) is 0 Å². The zero-order valence-corrected chi connectivity index (χ0v) is 6.55. The summed E-state index contributed by atoms with van der Waals surface area (Å²) in [5.41, 5.74) is 0. The Labute approximate surface area is 62.2 Å². The molecular weight excluding hydrogens is 128 g/mol. The Bertz CT molecular complexity index is 85.3. The van der Waals surface area contributed by atoms with Crippen molar-refractivity contribution in [3.63, 3.8) is 0 Å². The van der Waals surface area contributed by atoms with Crippen molar-refractivity contribution in [3.8, 4) is 0 Å². The minimum Gasteiger partial charge on any atom is -0.393 e. The second-order valence-electron chi connectivity index (χ2n) is 2.89. The molecule has 0 bridgehead atoms. The third kappa shape index (κ3) is 2.27. The molecule has 1 rings (SSSR count). The summed E-state index contributed by atoms with van der Waals surface area (Å²) in [6, 6.07) is 0. The van der Waals surface area contributed by atoms with Gasteiger partial charge < -0.3 is 9.84 Å². The first-order chi connectivity index (χ1) is 4.83. The number of aliphatic hydroxyl groups excluding tert-OH is 1.